The van der Waals surface area contributed by atoms with Crippen molar-refractivity contribution >= 4 is 11.6 Å². The summed E-state index contributed by atoms with van der Waals surface area (Å²) < 4.78 is 0. The zero-order valence-corrected chi connectivity index (χ0v) is 12.9. The van der Waals surface area contributed by atoms with Crippen molar-refractivity contribution in [3.05, 3.63) is 29.8 Å². The molecule has 0 radical (unpaired) electrons. The van der Waals surface area contributed by atoms with Crippen molar-refractivity contribution < 1.29 is 4.79 Å². The van der Waals surface area contributed by atoms with E-state index >= 15 is 0 Å². The Kier molecular flexibility index (Phi) is 4.81. The lowest BCUT2D eigenvalue weighted by atomic mass is 9.96. The molecule has 4 atom stereocenters. The van der Waals surface area contributed by atoms with Crippen molar-refractivity contribution in [2.45, 2.75) is 52.6 Å². The van der Waals surface area contributed by atoms with Gasteiger partial charge in [0.2, 0.25) is 5.91 Å². The number of anilines is 1. The Balaban J connectivity index is 2.02. The summed E-state index contributed by atoms with van der Waals surface area (Å²) in [6.45, 7) is 8.42. The minimum absolute atomic E-state index is 0.0268. The monoisotopic (exact) mass is 274 g/mol. The first-order valence-electron chi connectivity index (χ1n) is 7.61. The Labute approximate surface area is 122 Å². The maximum atomic E-state index is 11.1. The molecule has 0 spiro atoms. The molecule has 3 heteroatoms. The number of benzene rings is 1. The lowest BCUT2D eigenvalue weighted by Gasteiger charge is -2.25. The maximum absolute atomic E-state index is 11.1. The van der Waals surface area contributed by atoms with E-state index in [0.717, 1.165) is 17.5 Å². The summed E-state index contributed by atoms with van der Waals surface area (Å²) in [5, 5.41) is 6.59. The van der Waals surface area contributed by atoms with Crippen LogP contribution < -0.4 is 10.6 Å². The molecule has 0 aromatic heterocycles. The van der Waals surface area contributed by atoms with Gasteiger partial charge in [-0.1, -0.05) is 26.0 Å². The van der Waals surface area contributed by atoms with Gasteiger partial charge >= 0.3 is 0 Å². The highest BCUT2D eigenvalue weighted by atomic mass is 16.1. The predicted molar refractivity (Wildman–Crippen MR) is 83.6 cm³/mol. The molecule has 1 aliphatic rings. The van der Waals surface area contributed by atoms with Crippen LogP contribution in [0.4, 0.5) is 5.69 Å². The molecule has 1 saturated carbocycles. The van der Waals surface area contributed by atoms with Crippen molar-refractivity contribution in [3.63, 3.8) is 0 Å². The first-order chi connectivity index (χ1) is 9.47. The average Bonchev–Trinajstić information content (AvgIpc) is 2.70. The Morgan fingerprint density at radius 3 is 2.65 bits per heavy atom. The molecule has 1 fully saturated rings. The van der Waals surface area contributed by atoms with Gasteiger partial charge in [0, 0.05) is 24.7 Å². The summed E-state index contributed by atoms with van der Waals surface area (Å²) in [5.74, 6) is 1.52. The van der Waals surface area contributed by atoms with E-state index in [-0.39, 0.29) is 5.91 Å². The molecule has 2 rings (SSSR count). The highest BCUT2D eigenvalue weighted by Crippen LogP contribution is 2.32. The molecule has 0 heterocycles. The number of carbonyl (C=O) groups excluding carboxylic acids is 1. The second kappa shape index (κ2) is 6.40. The van der Waals surface area contributed by atoms with E-state index in [1.807, 2.05) is 12.1 Å². The Morgan fingerprint density at radius 2 is 2.05 bits per heavy atom. The molecular formula is C17H26N2O. The van der Waals surface area contributed by atoms with Crippen LogP contribution in [-0.2, 0) is 4.79 Å². The molecule has 1 aromatic rings. The number of hydrogen-bond acceptors (Lipinski definition) is 2. The second-order valence-corrected chi connectivity index (χ2v) is 6.22. The quantitative estimate of drug-likeness (QED) is 0.878. The fraction of sp³-hybridized carbons (Fsp3) is 0.588. The largest absolute Gasteiger partial charge is 0.326 e. The van der Waals surface area contributed by atoms with Crippen LogP contribution in [0.15, 0.2) is 24.3 Å². The molecule has 4 unspecified atom stereocenters. The standard InChI is InChI=1S/C17H26N2O/c1-11-8-9-17(12(11)2)18-13(3)15-6-5-7-16(10-15)19-14(4)20/h5-7,10-13,17-18H,8-9H2,1-4H3,(H,19,20). The highest BCUT2D eigenvalue weighted by Gasteiger charge is 2.30. The molecule has 0 saturated heterocycles. The Morgan fingerprint density at radius 1 is 1.30 bits per heavy atom. The number of amides is 1. The summed E-state index contributed by atoms with van der Waals surface area (Å²) >= 11 is 0. The zero-order chi connectivity index (χ0) is 14.7. The van der Waals surface area contributed by atoms with Gasteiger partial charge in [0.1, 0.15) is 0 Å². The number of hydrogen-bond donors (Lipinski definition) is 2. The predicted octanol–water partition coefficient (Wildman–Crippen LogP) is 3.73. The van der Waals surface area contributed by atoms with Crippen LogP contribution in [0.2, 0.25) is 0 Å². The molecule has 110 valence electrons. The van der Waals surface area contributed by atoms with Crippen LogP contribution in [0.25, 0.3) is 0 Å². The van der Waals surface area contributed by atoms with E-state index < -0.39 is 0 Å². The number of rotatable bonds is 4. The fourth-order valence-electron chi connectivity index (χ4n) is 3.11. The molecule has 1 aromatic carbocycles. The maximum Gasteiger partial charge on any atom is 0.221 e. The molecule has 20 heavy (non-hydrogen) atoms. The van der Waals surface area contributed by atoms with E-state index in [0.29, 0.717) is 12.1 Å². The summed E-state index contributed by atoms with van der Waals surface area (Å²) in [6, 6.07) is 9.01. The smallest absolute Gasteiger partial charge is 0.221 e. The van der Waals surface area contributed by atoms with Crippen LogP contribution in [0.1, 0.15) is 52.1 Å². The summed E-state index contributed by atoms with van der Waals surface area (Å²) in [7, 11) is 0. The lowest BCUT2D eigenvalue weighted by Crippen LogP contribution is -2.34. The minimum Gasteiger partial charge on any atom is -0.326 e. The summed E-state index contributed by atoms with van der Waals surface area (Å²) in [5.41, 5.74) is 2.10. The molecule has 3 nitrogen and oxygen atoms in total. The molecule has 0 bridgehead atoms. The van der Waals surface area contributed by atoms with Crippen LogP contribution in [-0.4, -0.2) is 11.9 Å². The highest BCUT2D eigenvalue weighted by molar-refractivity contribution is 5.88. The SMILES string of the molecule is CC(=O)Nc1cccc(C(C)NC2CCC(C)C2C)c1. The van der Waals surface area contributed by atoms with Crippen molar-refractivity contribution in [1.29, 1.82) is 0 Å². The van der Waals surface area contributed by atoms with E-state index in [9.17, 15) is 4.79 Å². The molecule has 2 N–H and O–H groups in total. The van der Waals surface area contributed by atoms with Crippen molar-refractivity contribution in [2.24, 2.45) is 11.8 Å². The topological polar surface area (TPSA) is 41.1 Å². The van der Waals surface area contributed by atoms with Crippen molar-refractivity contribution in [3.8, 4) is 0 Å². The lowest BCUT2D eigenvalue weighted by molar-refractivity contribution is -0.114. The molecule has 0 aliphatic heterocycles. The normalized spacial score (nSPS) is 27.3. The Bertz CT molecular complexity index is 472. The van der Waals surface area contributed by atoms with E-state index in [1.165, 1.54) is 25.3 Å². The second-order valence-electron chi connectivity index (χ2n) is 6.22. The third-order valence-corrected chi connectivity index (χ3v) is 4.64. The molecule has 1 amide bonds. The first kappa shape index (κ1) is 15.0. The van der Waals surface area contributed by atoms with Gasteiger partial charge in [-0.2, -0.15) is 0 Å². The van der Waals surface area contributed by atoms with Crippen LogP contribution >= 0.6 is 0 Å². The summed E-state index contributed by atoms with van der Waals surface area (Å²) in [4.78, 5) is 11.1. The Hall–Kier alpha value is -1.35. The van der Waals surface area contributed by atoms with Crippen molar-refractivity contribution in [1.82, 2.24) is 5.32 Å². The van der Waals surface area contributed by atoms with Crippen LogP contribution in [0.5, 0.6) is 0 Å². The van der Waals surface area contributed by atoms with Gasteiger partial charge in [-0.05, 0) is 49.3 Å². The van der Waals surface area contributed by atoms with E-state index in [2.05, 4.69) is 43.5 Å². The minimum atomic E-state index is -0.0268. The van der Waals surface area contributed by atoms with Crippen LogP contribution in [0.3, 0.4) is 0 Å². The molecular weight excluding hydrogens is 248 g/mol. The van der Waals surface area contributed by atoms with Gasteiger partial charge in [0.15, 0.2) is 0 Å². The third kappa shape index (κ3) is 3.60. The van der Waals surface area contributed by atoms with Crippen LogP contribution in [0, 0.1) is 11.8 Å². The van der Waals surface area contributed by atoms with Gasteiger partial charge < -0.3 is 10.6 Å². The number of carbonyl (C=O) groups is 1. The van der Waals surface area contributed by atoms with Gasteiger partial charge in [-0.15, -0.1) is 0 Å². The van der Waals surface area contributed by atoms with E-state index in [1.54, 1.807) is 0 Å². The third-order valence-electron chi connectivity index (χ3n) is 4.64. The first-order valence-corrected chi connectivity index (χ1v) is 7.61. The van der Waals surface area contributed by atoms with Gasteiger partial charge in [0.05, 0.1) is 0 Å². The average molecular weight is 274 g/mol. The van der Waals surface area contributed by atoms with Gasteiger partial charge in [-0.3, -0.25) is 4.79 Å². The van der Waals surface area contributed by atoms with Gasteiger partial charge in [0.25, 0.3) is 0 Å². The number of nitrogens with one attached hydrogen (secondary N) is 2. The van der Waals surface area contributed by atoms with E-state index in [4.69, 9.17) is 0 Å². The van der Waals surface area contributed by atoms with Gasteiger partial charge in [-0.25, -0.2) is 0 Å². The zero-order valence-electron chi connectivity index (χ0n) is 12.9. The molecule has 1 aliphatic carbocycles. The van der Waals surface area contributed by atoms with Crippen molar-refractivity contribution in [2.75, 3.05) is 5.32 Å². The fourth-order valence-corrected chi connectivity index (χ4v) is 3.11. The summed E-state index contributed by atoms with van der Waals surface area (Å²) in [6.07, 6.45) is 2.58.